The quantitative estimate of drug-likeness (QED) is 0.911. The van der Waals surface area contributed by atoms with Gasteiger partial charge in [0.1, 0.15) is 18.2 Å². The summed E-state index contributed by atoms with van der Waals surface area (Å²) in [5.74, 6) is -0.0976. The molecule has 112 valence electrons. The van der Waals surface area contributed by atoms with Crippen molar-refractivity contribution in [2.75, 3.05) is 31.7 Å². The van der Waals surface area contributed by atoms with E-state index in [2.05, 4.69) is 0 Å². The minimum absolute atomic E-state index is 0. The monoisotopic (exact) mass is 304 g/mol. The van der Waals surface area contributed by atoms with Crippen LogP contribution in [-0.2, 0) is 9.53 Å². The van der Waals surface area contributed by atoms with Gasteiger partial charge in [0.05, 0.1) is 24.8 Å². The molecule has 1 atom stereocenters. The van der Waals surface area contributed by atoms with Crippen LogP contribution in [0.5, 0.6) is 5.75 Å². The van der Waals surface area contributed by atoms with Gasteiger partial charge in [0.25, 0.3) is 0 Å². The van der Waals surface area contributed by atoms with Crippen molar-refractivity contribution in [1.29, 1.82) is 0 Å². The number of amides is 1. The van der Waals surface area contributed by atoms with Crippen molar-refractivity contribution >= 4 is 24.0 Å². The number of anilines is 1. The van der Waals surface area contributed by atoms with Crippen LogP contribution in [0, 0.1) is 5.82 Å². The van der Waals surface area contributed by atoms with Crippen LogP contribution in [0.2, 0.25) is 0 Å². The summed E-state index contributed by atoms with van der Waals surface area (Å²) in [5, 5.41) is 0. The highest BCUT2D eigenvalue weighted by Crippen LogP contribution is 2.32. The van der Waals surface area contributed by atoms with Gasteiger partial charge in [-0.3, -0.25) is 4.79 Å². The second-order valence-electron chi connectivity index (χ2n) is 4.30. The van der Waals surface area contributed by atoms with Crippen LogP contribution in [0.3, 0.4) is 0 Å². The van der Waals surface area contributed by atoms with Gasteiger partial charge >= 0.3 is 0 Å². The van der Waals surface area contributed by atoms with E-state index < -0.39 is 0 Å². The van der Waals surface area contributed by atoms with E-state index in [1.807, 2.05) is 0 Å². The minimum Gasteiger partial charge on any atom is -0.489 e. The average Bonchev–Trinajstić information content (AvgIpc) is 2.43. The number of benzene rings is 1. The molecule has 0 radical (unpaired) electrons. The molecule has 1 aromatic carbocycles. The first-order chi connectivity index (χ1) is 9.15. The number of hydrogen-bond acceptors (Lipinski definition) is 4. The molecule has 2 rings (SSSR count). The number of carbonyl (C=O) groups is 1. The van der Waals surface area contributed by atoms with Crippen LogP contribution < -0.4 is 15.4 Å². The molecule has 0 spiro atoms. The van der Waals surface area contributed by atoms with E-state index in [1.54, 1.807) is 11.0 Å². The van der Waals surface area contributed by atoms with E-state index in [0.717, 1.165) is 0 Å². The van der Waals surface area contributed by atoms with Gasteiger partial charge in [-0.05, 0) is 12.1 Å². The third-order valence-electron chi connectivity index (χ3n) is 3.08. The maximum atomic E-state index is 13.1. The summed E-state index contributed by atoms with van der Waals surface area (Å²) >= 11 is 0. The van der Waals surface area contributed by atoms with Crippen LogP contribution >= 0.6 is 12.4 Å². The van der Waals surface area contributed by atoms with Crippen molar-refractivity contribution < 1.29 is 18.7 Å². The van der Waals surface area contributed by atoms with Crippen LogP contribution in [0.4, 0.5) is 10.1 Å². The molecule has 5 nitrogen and oxygen atoms in total. The maximum Gasteiger partial charge on any atom is 0.229 e. The third kappa shape index (κ3) is 3.59. The molecule has 1 aliphatic heterocycles. The largest absolute Gasteiger partial charge is 0.489 e. The highest BCUT2D eigenvalue weighted by molar-refractivity contribution is 5.95. The Kier molecular flexibility index (Phi) is 6.19. The lowest BCUT2D eigenvalue weighted by Gasteiger charge is -2.30. The number of nitrogens with zero attached hydrogens (tertiary/aromatic N) is 1. The van der Waals surface area contributed by atoms with Crippen molar-refractivity contribution in [3.8, 4) is 5.75 Å². The average molecular weight is 305 g/mol. The summed E-state index contributed by atoms with van der Waals surface area (Å²) in [4.78, 5) is 13.8. The van der Waals surface area contributed by atoms with E-state index in [0.29, 0.717) is 24.6 Å². The first-order valence-corrected chi connectivity index (χ1v) is 6.11. The Morgan fingerprint density at radius 2 is 2.35 bits per heavy atom. The summed E-state index contributed by atoms with van der Waals surface area (Å²) in [7, 11) is 1.52. The highest BCUT2D eigenvalue weighted by Gasteiger charge is 2.25. The van der Waals surface area contributed by atoms with Crippen LogP contribution in [0.25, 0.3) is 0 Å². The summed E-state index contributed by atoms with van der Waals surface area (Å²) < 4.78 is 23.6. The molecule has 0 aromatic heterocycles. The molecule has 1 aliphatic rings. The zero-order valence-corrected chi connectivity index (χ0v) is 12.0. The van der Waals surface area contributed by atoms with E-state index in [-0.39, 0.29) is 43.2 Å². The Hall–Kier alpha value is -1.37. The molecular formula is C13H18ClFN2O3. The summed E-state index contributed by atoms with van der Waals surface area (Å²) in [5.41, 5.74) is 6.09. The fourth-order valence-electron chi connectivity index (χ4n) is 2.02. The molecule has 0 saturated heterocycles. The van der Waals surface area contributed by atoms with E-state index >= 15 is 0 Å². The van der Waals surface area contributed by atoms with Gasteiger partial charge in [0.2, 0.25) is 5.91 Å². The van der Waals surface area contributed by atoms with Crippen molar-refractivity contribution in [2.24, 2.45) is 5.73 Å². The number of hydrogen-bond donors (Lipinski definition) is 1. The maximum absolute atomic E-state index is 13.1. The number of halogens is 2. The fraction of sp³-hybridized carbons (Fsp3) is 0.462. The topological polar surface area (TPSA) is 64.8 Å². The van der Waals surface area contributed by atoms with Gasteiger partial charge in [-0.15, -0.1) is 12.4 Å². The Morgan fingerprint density at radius 3 is 3.00 bits per heavy atom. The highest BCUT2D eigenvalue weighted by atomic mass is 35.5. The summed E-state index contributed by atoms with van der Waals surface area (Å²) in [6, 6.07) is 4.14. The number of carbonyl (C=O) groups excluding carboxylic acids is 1. The van der Waals surface area contributed by atoms with Gasteiger partial charge in [0, 0.05) is 19.7 Å². The van der Waals surface area contributed by atoms with Crippen molar-refractivity contribution in [1.82, 2.24) is 0 Å². The number of methoxy groups -OCH3 is 1. The van der Waals surface area contributed by atoms with Crippen molar-refractivity contribution in [2.45, 2.75) is 12.5 Å². The predicted molar refractivity (Wildman–Crippen MR) is 76.0 cm³/mol. The molecular weight excluding hydrogens is 287 g/mol. The minimum atomic E-state index is -0.384. The predicted octanol–water partition coefficient (Wildman–Crippen LogP) is 1.34. The molecule has 20 heavy (non-hydrogen) atoms. The Labute approximate surface area is 123 Å². The van der Waals surface area contributed by atoms with E-state index in [1.165, 1.54) is 19.2 Å². The Morgan fingerprint density at radius 1 is 1.60 bits per heavy atom. The first kappa shape index (κ1) is 16.7. The van der Waals surface area contributed by atoms with E-state index in [4.69, 9.17) is 15.2 Å². The van der Waals surface area contributed by atoms with Gasteiger partial charge in [-0.2, -0.15) is 0 Å². The van der Waals surface area contributed by atoms with Crippen molar-refractivity contribution in [3.63, 3.8) is 0 Å². The van der Waals surface area contributed by atoms with Crippen LogP contribution in [0.1, 0.15) is 6.42 Å². The Balaban J connectivity index is 0.00000200. The fourth-order valence-corrected chi connectivity index (χ4v) is 2.02. The smallest absolute Gasteiger partial charge is 0.229 e. The normalized spacial score (nSPS) is 14.8. The lowest BCUT2D eigenvalue weighted by Crippen LogP contribution is -2.40. The molecule has 7 heteroatoms. The molecule has 0 fully saturated rings. The SMILES string of the molecule is COC(CN)CC(=O)N1CCOc2cc(F)ccc21.Cl. The molecule has 0 aliphatic carbocycles. The Bertz CT molecular complexity index is 469. The molecule has 2 N–H and O–H groups in total. The summed E-state index contributed by atoms with van der Waals surface area (Å²) in [6.45, 7) is 1.07. The zero-order valence-electron chi connectivity index (χ0n) is 11.2. The number of ether oxygens (including phenoxy) is 2. The molecule has 1 amide bonds. The first-order valence-electron chi connectivity index (χ1n) is 6.11. The molecule has 1 unspecified atom stereocenters. The molecule has 0 bridgehead atoms. The van der Waals surface area contributed by atoms with Crippen LogP contribution in [-0.4, -0.2) is 38.8 Å². The van der Waals surface area contributed by atoms with Crippen LogP contribution in [0.15, 0.2) is 18.2 Å². The van der Waals surface area contributed by atoms with Gasteiger partial charge in [-0.25, -0.2) is 4.39 Å². The van der Waals surface area contributed by atoms with Gasteiger partial charge < -0.3 is 20.1 Å². The second kappa shape index (κ2) is 7.42. The molecule has 1 heterocycles. The second-order valence-corrected chi connectivity index (χ2v) is 4.30. The number of rotatable bonds is 4. The lowest BCUT2D eigenvalue weighted by molar-refractivity contribution is -0.121. The number of nitrogens with two attached hydrogens (primary N) is 1. The summed E-state index contributed by atoms with van der Waals surface area (Å²) in [6.07, 6.45) is -0.108. The van der Waals surface area contributed by atoms with Gasteiger partial charge in [0.15, 0.2) is 0 Å². The zero-order chi connectivity index (χ0) is 13.8. The third-order valence-corrected chi connectivity index (χ3v) is 3.08. The molecule has 1 aromatic rings. The van der Waals surface area contributed by atoms with E-state index in [9.17, 15) is 9.18 Å². The van der Waals surface area contributed by atoms with Gasteiger partial charge in [-0.1, -0.05) is 0 Å². The number of fused-ring (bicyclic) bond motifs is 1. The molecule has 0 saturated carbocycles. The standard InChI is InChI=1S/C13H17FN2O3.ClH/c1-18-10(8-15)7-13(17)16-4-5-19-12-6-9(14)2-3-11(12)16;/h2-3,6,10H,4-5,7-8,15H2,1H3;1H. The van der Waals surface area contributed by atoms with Crippen molar-refractivity contribution in [3.05, 3.63) is 24.0 Å². The lowest BCUT2D eigenvalue weighted by atomic mass is 10.1.